The molecule has 6 N–H and O–H groups in total. The Morgan fingerprint density at radius 3 is 1.92 bits per heavy atom. The largest absolute Gasteiger partial charge is 0.398 e. The molecule has 254 valence electrons. The Morgan fingerprint density at radius 1 is 0.804 bits per heavy atom. The van der Waals surface area contributed by atoms with Crippen LogP contribution in [0.2, 0.25) is 0 Å². The maximum Gasteiger partial charge on any atom is 0.251 e. The third kappa shape index (κ3) is 5.55. The van der Waals surface area contributed by atoms with Gasteiger partial charge in [-0.1, -0.05) is 69.3 Å². The van der Waals surface area contributed by atoms with Gasteiger partial charge >= 0.3 is 0 Å². The first-order chi connectivity index (χ1) is 24.8. The zero-order chi connectivity index (χ0) is 35.8. The second-order valence-corrected chi connectivity index (χ2v) is 13.4. The Labute approximate surface area is 298 Å². The molecule has 7 rings (SSSR count). The first-order valence-electron chi connectivity index (χ1n) is 17.8. The number of nitrogens with one attached hydrogen (secondary N) is 2. The normalized spacial score (nSPS) is 14.2. The van der Waals surface area contributed by atoms with Crippen molar-refractivity contribution in [3.05, 3.63) is 119 Å². The topological polar surface area (TPSA) is 113 Å². The van der Waals surface area contributed by atoms with Crippen molar-refractivity contribution in [2.45, 2.75) is 46.0 Å². The molecule has 1 aliphatic rings. The van der Waals surface area contributed by atoms with E-state index in [2.05, 4.69) is 84.2 Å². The van der Waals surface area contributed by atoms with Crippen LogP contribution in [0.1, 0.15) is 57.1 Å². The van der Waals surface area contributed by atoms with Gasteiger partial charge in [0.25, 0.3) is 5.70 Å². The molecular formula is C44H42N6O. The van der Waals surface area contributed by atoms with Crippen molar-refractivity contribution in [1.82, 2.24) is 0 Å². The molecule has 0 amide bonds. The molecular weight excluding hydrogens is 629 g/mol. The third-order valence-electron chi connectivity index (χ3n) is 10.1. The van der Waals surface area contributed by atoms with Crippen molar-refractivity contribution in [2.75, 3.05) is 41.3 Å². The molecule has 0 saturated carbocycles. The standard InChI is InChI=1S/C44H42N6O/c1-5-16-49-36-23-34(46)39(32-21-28-14-10-8-12-26(28)19-30(32)36)42-41(37(25-45)48-4)43(44(42)51)40-33-22-29-15-11-9-13-27(29)20-31(33)38(24-35(40)47)50(17-6-2)18-7-3/h8-15,19-24,43,45,49H,5-7,16-18,46-47H2,1-3H3. The molecule has 6 aromatic carbocycles. The van der Waals surface area contributed by atoms with Crippen molar-refractivity contribution >= 4 is 83.1 Å². The lowest BCUT2D eigenvalue weighted by atomic mass is 9.66. The molecule has 0 spiro atoms. The fourth-order valence-electron chi connectivity index (χ4n) is 7.84. The van der Waals surface area contributed by atoms with E-state index in [1.807, 2.05) is 42.5 Å². The lowest BCUT2D eigenvalue weighted by Gasteiger charge is -2.36. The Hall–Kier alpha value is -6.09. The molecule has 1 atom stereocenters. The molecule has 0 bridgehead atoms. The van der Waals surface area contributed by atoms with E-state index in [4.69, 9.17) is 23.4 Å². The van der Waals surface area contributed by atoms with E-state index < -0.39 is 5.92 Å². The number of anilines is 4. The Bertz CT molecular complexity index is 2510. The minimum Gasteiger partial charge on any atom is -0.398 e. The predicted octanol–water partition coefficient (Wildman–Crippen LogP) is 10.1. The number of ketones is 1. The highest BCUT2D eigenvalue weighted by atomic mass is 16.1. The molecule has 0 radical (unpaired) electrons. The van der Waals surface area contributed by atoms with Crippen LogP contribution in [0.15, 0.2) is 96.2 Å². The van der Waals surface area contributed by atoms with Crippen molar-refractivity contribution in [1.29, 1.82) is 5.41 Å². The van der Waals surface area contributed by atoms with Gasteiger partial charge in [0, 0.05) is 64.3 Å². The molecule has 1 aliphatic carbocycles. The van der Waals surface area contributed by atoms with Crippen LogP contribution in [0.25, 0.3) is 53.5 Å². The third-order valence-corrected chi connectivity index (χ3v) is 10.1. The number of nitrogen functional groups attached to an aromatic ring is 2. The zero-order valence-corrected chi connectivity index (χ0v) is 29.4. The van der Waals surface area contributed by atoms with E-state index >= 15 is 0 Å². The summed E-state index contributed by atoms with van der Waals surface area (Å²) >= 11 is 0. The van der Waals surface area contributed by atoms with Crippen molar-refractivity contribution in [2.24, 2.45) is 0 Å². The summed E-state index contributed by atoms with van der Waals surface area (Å²) in [5, 5.41) is 19.6. The lowest BCUT2D eigenvalue weighted by molar-refractivity contribution is -0.115. The molecule has 7 nitrogen and oxygen atoms in total. The van der Waals surface area contributed by atoms with E-state index in [0.717, 1.165) is 93.4 Å². The van der Waals surface area contributed by atoms with Crippen LogP contribution in [-0.4, -0.2) is 31.3 Å². The summed E-state index contributed by atoms with van der Waals surface area (Å²) in [6.45, 7) is 17.1. The zero-order valence-electron chi connectivity index (χ0n) is 29.4. The first kappa shape index (κ1) is 33.4. The quantitative estimate of drug-likeness (QED) is 0.0474. The Kier molecular flexibility index (Phi) is 8.95. The average Bonchev–Trinajstić information content (AvgIpc) is 3.14. The second-order valence-electron chi connectivity index (χ2n) is 13.4. The number of hydrogen-bond acceptors (Lipinski definition) is 6. The van der Waals surface area contributed by atoms with Gasteiger partial charge in [-0.2, -0.15) is 0 Å². The number of hydrogen-bond donors (Lipinski definition) is 4. The summed E-state index contributed by atoms with van der Waals surface area (Å²) in [7, 11) is 0. The number of rotatable bonds is 11. The maximum atomic E-state index is 14.9. The van der Waals surface area contributed by atoms with Crippen LogP contribution in [0.5, 0.6) is 0 Å². The smallest absolute Gasteiger partial charge is 0.251 e. The highest BCUT2D eigenvalue weighted by Crippen LogP contribution is 2.54. The van der Waals surface area contributed by atoms with Gasteiger partial charge in [0.1, 0.15) is 0 Å². The van der Waals surface area contributed by atoms with E-state index in [1.54, 1.807) is 0 Å². The minimum atomic E-state index is -0.863. The Morgan fingerprint density at radius 2 is 1.37 bits per heavy atom. The van der Waals surface area contributed by atoms with Crippen molar-refractivity contribution < 1.29 is 4.79 Å². The van der Waals surface area contributed by atoms with Gasteiger partial charge in [0.05, 0.1) is 12.5 Å². The highest BCUT2D eigenvalue weighted by Gasteiger charge is 2.45. The summed E-state index contributed by atoms with van der Waals surface area (Å²) in [5.41, 5.74) is 18.7. The molecule has 0 fully saturated rings. The highest BCUT2D eigenvalue weighted by molar-refractivity contribution is 6.38. The monoisotopic (exact) mass is 670 g/mol. The van der Waals surface area contributed by atoms with Gasteiger partial charge < -0.3 is 21.7 Å². The van der Waals surface area contributed by atoms with Gasteiger partial charge in [-0.3, -0.25) is 10.2 Å². The molecule has 6 aromatic rings. The molecule has 0 heterocycles. The second kappa shape index (κ2) is 13.7. The van der Waals surface area contributed by atoms with Gasteiger partial charge in [0.2, 0.25) is 0 Å². The lowest BCUT2D eigenvalue weighted by Crippen LogP contribution is -2.31. The number of carbonyl (C=O) groups excluding carboxylic acids is 1. The number of allylic oxidation sites excluding steroid dienone is 2. The van der Waals surface area contributed by atoms with Gasteiger partial charge in [-0.05, 0) is 105 Å². The summed E-state index contributed by atoms with van der Waals surface area (Å²) in [6, 6.07) is 28.7. The van der Waals surface area contributed by atoms with Gasteiger partial charge in [-0.25, -0.2) is 4.85 Å². The van der Waals surface area contributed by atoms with E-state index in [9.17, 15) is 4.79 Å². The average molecular weight is 671 g/mol. The first-order valence-corrected chi connectivity index (χ1v) is 17.8. The van der Waals surface area contributed by atoms with Crippen molar-refractivity contribution in [3.63, 3.8) is 0 Å². The number of nitrogens with two attached hydrogens (primary N) is 2. The fourth-order valence-corrected chi connectivity index (χ4v) is 7.84. The Balaban J connectivity index is 1.54. The molecule has 7 heteroatoms. The van der Waals surface area contributed by atoms with Gasteiger partial charge in [0.15, 0.2) is 5.78 Å². The van der Waals surface area contributed by atoms with Gasteiger partial charge in [-0.15, -0.1) is 0 Å². The number of carbonyl (C=O) groups is 1. The predicted molar refractivity (Wildman–Crippen MR) is 216 cm³/mol. The van der Waals surface area contributed by atoms with Crippen molar-refractivity contribution in [3.8, 4) is 0 Å². The number of benzene rings is 6. The number of fused-ring (bicyclic) bond motifs is 4. The van der Waals surface area contributed by atoms with Crippen LogP contribution in [-0.2, 0) is 4.79 Å². The van der Waals surface area contributed by atoms with E-state index in [-0.39, 0.29) is 11.5 Å². The van der Waals surface area contributed by atoms with E-state index in [1.165, 1.54) is 0 Å². The molecule has 1 unspecified atom stereocenters. The molecule has 0 aliphatic heterocycles. The molecule has 0 saturated heterocycles. The summed E-state index contributed by atoms with van der Waals surface area (Å²) in [5.74, 6) is 1.33. The minimum absolute atomic E-state index is 0.0212. The SMILES string of the molecule is [C-]#[N+]C(=C=N)C1=C(c2c(N)cc(NCCC)c3cc4ccccc4cc23)C(=O)C1c1c(N)cc(N(CCC)CCC)c2cc3ccccc3cc12. The van der Waals surface area contributed by atoms with Crippen LogP contribution >= 0.6 is 0 Å². The summed E-state index contributed by atoms with van der Waals surface area (Å²) in [4.78, 5) is 21.0. The molecule has 51 heavy (non-hydrogen) atoms. The van der Waals surface area contributed by atoms with Crippen LogP contribution in [0.4, 0.5) is 22.7 Å². The fraction of sp³-hybridized carbons (Fsp3) is 0.227. The van der Waals surface area contributed by atoms with Crippen LogP contribution < -0.4 is 21.7 Å². The molecule has 0 aromatic heterocycles. The number of nitrogens with zero attached hydrogens (tertiary/aromatic N) is 2. The maximum absolute atomic E-state index is 14.9. The summed E-state index contributed by atoms with van der Waals surface area (Å²) < 4.78 is 0. The van der Waals surface area contributed by atoms with E-state index in [0.29, 0.717) is 33.6 Å². The van der Waals surface area contributed by atoms with Crippen LogP contribution in [0.3, 0.4) is 0 Å². The van der Waals surface area contributed by atoms with Crippen LogP contribution in [0, 0.1) is 12.0 Å². The summed E-state index contributed by atoms with van der Waals surface area (Å²) in [6.07, 6.45) is 2.89. The number of Topliss-reactive ketones (excluding diaryl/α,β-unsaturated/α-hetero) is 1.